The van der Waals surface area contributed by atoms with Gasteiger partial charge in [-0.15, -0.1) is 0 Å². The van der Waals surface area contributed by atoms with Crippen LogP contribution in [0.5, 0.6) is 0 Å². The van der Waals surface area contributed by atoms with Gasteiger partial charge in [0.1, 0.15) is 11.0 Å². The number of thioether (sulfide) groups is 1. The zero-order chi connectivity index (χ0) is 11.5. The van der Waals surface area contributed by atoms with Crippen molar-refractivity contribution in [1.82, 2.24) is 9.97 Å². The molecule has 3 N–H and O–H groups in total. The Bertz CT molecular complexity index is 354. The third-order valence-electron chi connectivity index (χ3n) is 2.78. The van der Waals surface area contributed by atoms with Crippen LogP contribution in [-0.4, -0.2) is 27.5 Å². The van der Waals surface area contributed by atoms with E-state index < -0.39 is 0 Å². The van der Waals surface area contributed by atoms with E-state index in [0.717, 1.165) is 11.1 Å². The fraction of sp³-hybridized carbons (Fsp3) is 0.600. The van der Waals surface area contributed by atoms with Crippen LogP contribution in [0.3, 0.4) is 0 Å². The Morgan fingerprint density at radius 3 is 2.94 bits per heavy atom. The third-order valence-corrected chi connectivity index (χ3v) is 4.07. The summed E-state index contributed by atoms with van der Waals surface area (Å²) in [5, 5.41) is 4.50. The minimum atomic E-state index is 0.217. The van der Waals surface area contributed by atoms with Crippen LogP contribution in [0.1, 0.15) is 19.3 Å². The summed E-state index contributed by atoms with van der Waals surface area (Å²) < 4.78 is 0. The van der Waals surface area contributed by atoms with E-state index in [1.165, 1.54) is 19.3 Å². The highest BCUT2D eigenvalue weighted by Crippen LogP contribution is 2.30. The second kappa shape index (κ2) is 5.10. The van der Waals surface area contributed by atoms with E-state index in [0.29, 0.717) is 11.2 Å². The largest absolute Gasteiger partial charge is 0.368 e. The second-order valence-electron chi connectivity index (χ2n) is 3.95. The van der Waals surface area contributed by atoms with Crippen LogP contribution in [0.15, 0.2) is 6.07 Å². The molecule has 0 radical (unpaired) electrons. The predicted molar refractivity (Wildman–Crippen MR) is 70.0 cm³/mol. The highest BCUT2D eigenvalue weighted by Gasteiger charge is 2.24. The number of hydrogen-bond acceptors (Lipinski definition) is 5. The van der Waals surface area contributed by atoms with E-state index >= 15 is 0 Å². The summed E-state index contributed by atoms with van der Waals surface area (Å²) in [7, 11) is 0. The molecule has 1 aromatic rings. The van der Waals surface area contributed by atoms with Gasteiger partial charge in [-0.1, -0.05) is 11.6 Å². The Hall–Kier alpha value is -0.680. The lowest BCUT2D eigenvalue weighted by Gasteiger charge is -2.13. The first kappa shape index (κ1) is 11.8. The van der Waals surface area contributed by atoms with Crippen LogP contribution in [0, 0.1) is 0 Å². The van der Waals surface area contributed by atoms with Crippen LogP contribution >= 0.6 is 23.4 Å². The minimum Gasteiger partial charge on any atom is -0.368 e. The molecule has 1 fully saturated rings. The standard InChI is InChI=1S/C10H15ClN4S/c1-16-7-3-2-6(4-7)13-9-5-8(11)14-10(12)15-9/h5-7H,2-4H2,1H3,(H3,12,13,14,15). The van der Waals surface area contributed by atoms with E-state index in [1.54, 1.807) is 6.07 Å². The molecule has 0 bridgehead atoms. The summed E-state index contributed by atoms with van der Waals surface area (Å²) in [6, 6.07) is 2.19. The molecule has 6 heteroatoms. The molecule has 88 valence electrons. The monoisotopic (exact) mass is 258 g/mol. The number of anilines is 2. The molecule has 0 amide bonds. The van der Waals surface area contributed by atoms with Gasteiger partial charge in [0.05, 0.1) is 0 Å². The fourth-order valence-corrected chi connectivity index (χ4v) is 2.99. The van der Waals surface area contributed by atoms with Gasteiger partial charge in [-0.05, 0) is 25.5 Å². The Labute approximate surface area is 104 Å². The Morgan fingerprint density at radius 2 is 2.31 bits per heavy atom. The van der Waals surface area contributed by atoms with Crippen molar-refractivity contribution in [3.63, 3.8) is 0 Å². The molecule has 0 aromatic carbocycles. The lowest BCUT2D eigenvalue weighted by atomic mass is 10.2. The van der Waals surface area contributed by atoms with Crippen molar-refractivity contribution in [1.29, 1.82) is 0 Å². The zero-order valence-corrected chi connectivity index (χ0v) is 10.7. The van der Waals surface area contributed by atoms with Crippen LogP contribution in [0.2, 0.25) is 5.15 Å². The fourth-order valence-electron chi connectivity index (χ4n) is 2.00. The maximum absolute atomic E-state index is 5.82. The summed E-state index contributed by atoms with van der Waals surface area (Å²) >= 11 is 7.75. The summed E-state index contributed by atoms with van der Waals surface area (Å²) in [6.07, 6.45) is 5.76. The molecule has 1 aromatic heterocycles. The SMILES string of the molecule is CSC1CCC(Nc2cc(Cl)nc(N)n2)C1. The summed E-state index contributed by atoms with van der Waals surface area (Å²) in [6.45, 7) is 0. The van der Waals surface area contributed by atoms with Crippen molar-refractivity contribution in [2.45, 2.75) is 30.6 Å². The maximum atomic E-state index is 5.82. The van der Waals surface area contributed by atoms with Gasteiger partial charge in [0.15, 0.2) is 0 Å². The predicted octanol–water partition coefficient (Wildman–Crippen LogP) is 2.41. The molecule has 2 unspecified atom stereocenters. The number of aromatic nitrogens is 2. The van der Waals surface area contributed by atoms with E-state index in [2.05, 4.69) is 21.5 Å². The summed E-state index contributed by atoms with van der Waals surface area (Å²) in [4.78, 5) is 7.94. The quantitative estimate of drug-likeness (QED) is 0.816. The number of halogens is 1. The van der Waals surface area contributed by atoms with Gasteiger partial charge in [0.2, 0.25) is 5.95 Å². The molecule has 1 aliphatic rings. The third kappa shape index (κ3) is 2.92. The van der Waals surface area contributed by atoms with Crippen molar-refractivity contribution < 1.29 is 0 Å². The summed E-state index contributed by atoms with van der Waals surface area (Å²) in [5.41, 5.74) is 5.54. The Balaban J connectivity index is 1.99. The van der Waals surface area contributed by atoms with Crippen LogP contribution in [0.25, 0.3) is 0 Å². The van der Waals surface area contributed by atoms with Crippen molar-refractivity contribution in [3.05, 3.63) is 11.2 Å². The van der Waals surface area contributed by atoms with Crippen LogP contribution < -0.4 is 11.1 Å². The minimum absolute atomic E-state index is 0.217. The second-order valence-corrected chi connectivity index (χ2v) is 5.47. The highest BCUT2D eigenvalue weighted by molar-refractivity contribution is 7.99. The molecule has 2 atom stereocenters. The average molecular weight is 259 g/mol. The summed E-state index contributed by atoms with van der Waals surface area (Å²) in [5.74, 6) is 0.943. The topological polar surface area (TPSA) is 63.8 Å². The normalized spacial score (nSPS) is 24.6. The number of rotatable bonds is 3. The lowest BCUT2D eigenvalue weighted by molar-refractivity contribution is 0.752. The van der Waals surface area contributed by atoms with Crippen LogP contribution in [0.4, 0.5) is 11.8 Å². The Kier molecular flexibility index (Phi) is 3.76. The number of hydrogen-bond donors (Lipinski definition) is 2. The molecule has 4 nitrogen and oxygen atoms in total. The molecule has 2 rings (SSSR count). The molecular weight excluding hydrogens is 244 g/mol. The highest BCUT2D eigenvalue weighted by atomic mass is 35.5. The van der Waals surface area contributed by atoms with Gasteiger partial charge >= 0.3 is 0 Å². The van der Waals surface area contributed by atoms with E-state index in [-0.39, 0.29) is 5.95 Å². The average Bonchev–Trinajstić information content (AvgIpc) is 2.64. The van der Waals surface area contributed by atoms with Crippen LogP contribution in [-0.2, 0) is 0 Å². The van der Waals surface area contributed by atoms with Gasteiger partial charge in [-0.2, -0.15) is 16.7 Å². The van der Waals surface area contributed by atoms with Gasteiger partial charge < -0.3 is 11.1 Å². The van der Waals surface area contributed by atoms with E-state index in [4.69, 9.17) is 17.3 Å². The molecule has 0 spiro atoms. The van der Waals surface area contributed by atoms with Crippen molar-refractivity contribution in [2.24, 2.45) is 0 Å². The number of nitrogens with zero attached hydrogens (tertiary/aromatic N) is 2. The molecule has 16 heavy (non-hydrogen) atoms. The van der Waals surface area contributed by atoms with E-state index in [1.807, 2.05) is 11.8 Å². The Morgan fingerprint density at radius 1 is 1.50 bits per heavy atom. The molecule has 1 saturated carbocycles. The number of nitrogen functional groups attached to an aromatic ring is 1. The molecule has 0 saturated heterocycles. The van der Waals surface area contributed by atoms with Crippen molar-refractivity contribution in [3.8, 4) is 0 Å². The van der Waals surface area contributed by atoms with Crippen molar-refractivity contribution in [2.75, 3.05) is 17.3 Å². The first-order chi connectivity index (χ1) is 7.67. The van der Waals surface area contributed by atoms with Gasteiger partial charge in [-0.3, -0.25) is 0 Å². The van der Waals surface area contributed by atoms with Gasteiger partial charge in [0, 0.05) is 17.4 Å². The first-order valence-electron chi connectivity index (χ1n) is 5.27. The van der Waals surface area contributed by atoms with E-state index in [9.17, 15) is 0 Å². The maximum Gasteiger partial charge on any atom is 0.223 e. The zero-order valence-electron chi connectivity index (χ0n) is 9.11. The van der Waals surface area contributed by atoms with Gasteiger partial charge in [0.25, 0.3) is 0 Å². The number of nitrogens with one attached hydrogen (secondary N) is 1. The smallest absolute Gasteiger partial charge is 0.223 e. The molecule has 1 aliphatic carbocycles. The van der Waals surface area contributed by atoms with Gasteiger partial charge in [-0.25, -0.2) is 4.98 Å². The number of nitrogens with two attached hydrogens (primary N) is 1. The molecular formula is C10H15ClN4S. The van der Waals surface area contributed by atoms with Crippen molar-refractivity contribution >= 4 is 35.1 Å². The first-order valence-corrected chi connectivity index (χ1v) is 6.93. The molecule has 1 heterocycles. The lowest BCUT2D eigenvalue weighted by Crippen LogP contribution is -2.17. The molecule has 0 aliphatic heterocycles.